The summed E-state index contributed by atoms with van der Waals surface area (Å²) in [7, 11) is 2.33. The Hall–Kier alpha value is -3.19. The van der Waals surface area contributed by atoms with Crippen LogP contribution in [0, 0.1) is 5.82 Å². The molecule has 0 spiro atoms. The van der Waals surface area contributed by atoms with Crippen LogP contribution in [-0.2, 0) is 9.47 Å². The van der Waals surface area contributed by atoms with Gasteiger partial charge in [-0.3, -0.25) is 0 Å². The van der Waals surface area contributed by atoms with E-state index in [4.69, 9.17) is 21.1 Å². The zero-order valence-electron chi connectivity index (χ0n) is 14.4. The van der Waals surface area contributed by atoms with Gasteiger partial charge in [0.2, 0.25) is 0 Å². The molecule has 0 atom stereocenters. The fourth-order valence-corrected chi connectivity index (χ4v) is 2.79. The molecule has 0 saturated heterocycles. The third-order valence-electron chi connectivity index (χ3n) is 3.84. The number of hydrogen-bond donors (Lipinski definition) is 0. The van der Waals surface area contributed by atoms with Crippen molar-refractivity contribution in [1.82, 2.24) is 9.78 Å². The highest BCUT2D eigenvalue weighted by atomic mass is 35.5. The summed E-state index contributed by atoms with van der Waals surface area (Å²) in [6.07, 6.45) is 0. The Kier molecular flexibility index (Phi) is 5.23. The van der Waals surface area contributed by atoms with Gasteiger partial charge in [-0.2, -0.15) is 5.10 Å². The summed E-state index contributed by atoms with van der Waals surface area (Å²) in [5.41, 5.74) is -0.0233. The third kappa shape index (κ3) is 3.41. The van der Waals surface area contributed by atoms with Crippen molar-refractivity contribution >= 4 is 23.5 Å². The van der Waals surface area contributed by atoms with E-state index in [1.807, 2.05) is 0 Å². The summed E-state index contributed by atoms with van der Waals surface area (Å²) in [6.45, 7) is 0. The zero-order chi connectivity index (χ0) is 19.6. The number of halogens is 2. The van der Waals surface area contributed by atoms with Crippen molar-refractivity contribution in [2.24, 2.45) is 0 Å². The molecule has 1 aromatic heterocycles. The first kappa shape index (κ1) is 18.6. The summed E-state index contributed by atoms with van der Waals surface area (Å²) in [5.74, 6) is -2.33. The van der Waals surface area contributed by atoms with E-state index < -0.39 is 17.8 Å². The Morgan fingerprint density at radius 3 is 2.33 bits per heavy atom. The van der Waals surface area contributed by atoms with Crippen molar-refractivity contribution in [3.8, 4) is 16.9 Å². The summed E-state index contributed by atoms with van der Waals surface area (Å²) < 4.78 is 25.3. The standard InChI is InChI=1S/C19H14ClFN2O4/c1-26-18(24)15-16(13-10-11(20)8-9-14(13)21)22-23(17(15)19(25)27-2)12-6-4-3-5-7-12/h3-10H,1-2H3. The minimum atomic E-state index is -0.855. The number of carbonyl (C=O) groups excluding carboxylic acids is 2. The van der Waals surface area contributed by atoms with E-state index in [0.717, 1.165) is 13.2 Å². The van der Waals surface area contributed by atoms with Gasteiger partial charge in [0.25, 0.3) is 0 Å². The zero-order valence-corrected chi connectivity index (χ0v) is 15.2. The lowest BCUT2D eigenvalue weighted by atomic mass is 10.0. The van der Waals surface area contributed by atoms with Gasteiger partial charge in [0.05, 0.1) is 19.9 Å². The fraction of sp³-hybridized carbons (Fsp3) is 0.105. The quantitative estimate of drug-likeness (QED) is 0.634. The van der Waals surface area contributed by atoms with Crippen LogP contribution in [0.15, 0.2) is 48.5 Å². The molecule has 0 saturated carbocycles. The maximum absolute atomic E-state index is 14.5. The summed E-state index contributed by atoms with van der Waals surface area (Å²) >= 11 is 5.98. The van der Waals surface area contributed by atoms with Crippen molar-refractivity contribution < 1.29 is 23.5 Å². The Balaban J connectivity index is 2.40. The van der Waals surface area contributed by atoms with Crippen LogP contribution in [0.4, 0.5) is 4.39 Å². The molecule has 0 aliphatic heterocycles. The highest BCUT2D eigenvalue weighted by Crippen LogP contribution is 2.32. The number of para-hydroxylation sites is 1. The van der Waals surface area contributed by atoms with Crippen LogP contribution in [0.1, 0.15) is 20.8 Å². The van der Waals surface area contributed by atoms with E-state index in [1.165, 1.54) is 23.9 Å². The number of nitrogens with zero attached hydrogens (tertiary/aromatic N) is 2. The highest BCUT2D eigenvalue weighted by molar-refractivity contribution is 6.30. The van der Waals surface area contributed by atoms with Gasteiger partial charge in [0.15, 0.2) is 5.69 Å². The number of aromatic nitrogens is 2. The normalized spacial score (nSPS) is 10.5. The van der Waals surface area contributed by atoms with Crippen molar-refractivity contribution in [2.75, 3.05) is 14.2 Å². The third-order valence-corrected chi connectivity index (χ3v) is 4.07. The molecular formula is C19H14ClFN2O4. The van der Waals surface area contributed by atoms with Gasteiger partial charge >= 0.3 is 11.9 Å². The lowest BCUT2D eigenvalue weighted by Crippen LogP contribution is -2.15. The fourth-order valence-electron chi connectivity index (χ4n) is 2.62. The summed E-state index contributed by atoms with van der Waals surface area (Å²) in [4.78, 5) is 24.9. The molecule has 3 aromatic rings. The van der Waals surface area contributed by atoms with Crippen LogP contribution in [0.5, 0.6) is 0 Å². The molecule has 0 N–H and O–H groups in total. The van der Waals surface area contributed by atoms with E-state index in [2.05, 4.69) is 5.10 Å². The van der Waals surface area contributed by atoms with E-state index >= 15 is 0 Å². The van der Waals surface area contributed by atoms with Crippen LogP contribution in [-0.4, -0.2) is 35.9 Å². The lowest BCUT2D eigenvalue weighted by Gasteiger charge is -2.07. The molecule has 1 heterocycles. The Morgan fingerprint density at radius 1 is 1.04 bits per heavy atom. The first-order valence-corrected chi connectivity index (χ1v) is 8.16. The van der Waals surface area contributed by atoms with Gasteiger partial charge < -0.3 is 9.47 Å². The van der Waals surface area contributed by atoms with Crippen molar-refractivity contribution in [3.05, 3.63) is 70.6 Å². The number of carbonyl (C=O) groups is 2. The second kappa shape index (κ2) is 7.59. The molecule has 2 aromatic carbocycles. The first-order chi connectivity index (χ1) is 13.0. The van der Waals surface area contributed by atoms with E-state index in [-0.39, 0.29) is 27.5 Å². The number of methoxy groups -OCH3 is 2. The van der Waals surface area contributed by atoms with Crippen molar-refractivity contribution in [3.63, 3.8) is 0 Å². The van der Waals surface area contributed by atoms with Crippen LogP contribution < -0.4 is 0 Å². The average molecular weight is 389 g/mol. The number of ether oxygens (including phenoxy) is 2. The van der Waals surface area contributed by atoms with Crippen LogP contribution in [0.25, 0.3) is 16.9 Å². The number of rotatable bonds is 4. The smallest absolute Gasteiger partial charge is 0.357 e. The molecule has 0 amide bonds. The molecule has 3 rings (SSSR count). The number of esters is 2. The van der Waals surface area contributed by atoms with E-state index in [0.29, 0.717) is 5.69 Å². The molecule has 0 radical (unpaired) electrons. The van der Waals surface area contributed by atoms with E-state index in [9.17, 15) is 14.0 Å². The SMILES string of the molecule is COC(=O)c1c(-c2cc(Cl)ccc2F)nn(-c2ccccc2)c1C(=O)OC. The summed E-state index contributed by atoms with van der Waals surface area (Å²) in [6, 6.07) is 12.4. The van der Waals surface area contributed by atoms with Crippen LogP contribution >= 0.6 is 11.6 Å². The molecular weight excluding hydrogens is 375 g/mol. The Morgan fingerprint density at radius 2 is 1.70 bits per heavy atom. The maximum Gasteiger partial charge on any atom is 0.357 e. The van der Waals surface area contributed by atoms with Crippen molar-refractivity contribution in [2.45, 2.75) is 0 Å². The van der Waals surface area contributed by atoms with Gasteiger partial charge in [0.1, 0.15) is 17.1 Å². The molecule has 8 heteroatoms. The second-order valence-corrected chi connectivity index (χ2v) is 5.86. The number of hydrogen-bond acceptors (Lipinski definition) is 5. The van der Waals surface area contributed by atoms with Gasteiger partial charge in [0, 0.05) is 10.6 Å². The number of benzene rings is 2. The molecule has 0 bridgehead atoms. The molecule has 6 nitrogen and oxygen atoms in total. The predicted octanol–water partition coefficient (Wildman–Crippen LogP) is 3.91. The predicted molar refractivity (Wildman–Crippen MR) is 96.6 cm³/mol. The van der Waals surface area contributed by atoms with Gasteiger partial charge in [-0.1, -0.05) is 29.8 Å². The minimum Gasteiger partial charge on any atom is -0.465 e. The monoisotopic (exact) mass is 388 g/mol. The van der Waals surface area contributed by atoms with Crippen LogP contribution in [0.3, 0.4) is 0 Å². The highest BCUT2D eigenvalue weighted by Gasteiger charge is 2.32. The lowest BCUT2D eigenvalue weighted by molar-refractivity contribution is 0.0549. The topological polar surface area (TPSA) is 70.4 Å². The molecule has 0 aliphatic carbocycles. The maximum atomic E-state index is 14.5. The van der Waals surface area contributed by atoms with Crippen LogP contribution in [0.2, 0.25) is 5.02 Å². The average Bonchev–Trinajstić information content (AvgIpc) is 3.09. The Bertz CT molecular complexity index is 1020. The molecule has 0 aliphatic rings. The Labute approximate surface area is 159 Å². The van der Waals surface area contributed by atoms with Crippen molar-refractivity contribution in [1.29, 1.82) is 0 Å². The largest absolute Gasteiger partial charge is 0.465 e. The second-order valence-electron chi connectivity index (χ2n) is 5.43. The van der Waals surface area contributed by atoms with Gasteiger partial charge in [-0.05, 0) is 30.3 Å². The minimum absolute atomic E-state index is 0.0391. The van der Waals surface area contributed by atoms with Gasteiger partial charge in [-0.15, -0.1) is 0 Å². The molecule has 0 unspecified atom stereocenters. The molecule has 0 fully saturated rings. The summed E-state index contributed by atoms with van der Waals surface area (Å²) in [5, 5.41) is 4.55. The van der Waals surface area contributed by atoms with E-state index in [1.54, 1.807) is 30.3 Å². The molecule has 27 heavy (non-hydrogen) atoms. The molecule has 138 valence electrons. The first-order valence-electron chi connectivity index (χ1n) is 7.78. The van der Waals surface area contributed by atoms with Gasteiger partial charge in [-0.25, -0.2) is 18.7 Å².